The smallest absolute Gasteiger partial charge is 0.326 e. The topological polar surface area (TPSA) is 231 Å². The molecule has 0 bridgehead atoms. The molecule has 0 saturated heterocycles. The summed E-state index contributed by atoms with van der Waals surface area (Å²) in [5.41, 5.74) is 10.6. The maximum atomic E-state index is 12.4. The van der Waals surface area contributed by atoms with Crippen molar-refractivity contribution in [1.82, 2.24) is 16.0 Å². The number of nitrogens with one attached hydrogen (secondary N) is 3. The Morgan fingerprint density at radius 3 is 1.97 bits per heavy atom. The molecule has 0 radical (unpaired) electrons. The Kier molecular flexibility index (Phi) is 12.9. The minimum atomic E-state index is -1.67. The van der Waals surface area contributed by atoms with Gasteiger partial charge in [-0.3, -0.25) is 24.0 Å². The normalized spacial score (nSPS) is 14.4. The van der Waals surface area contributed by atoms with Crippen LogP contribution in [0.3, 0.4) is 0 Å². The van der Waals surface area contributed by atoms with E-state index < -0.39 is 66.2 Å². The lowest BCUT2D eigenvalue weighted by molar-refractivity contribution is -0.147. The highest BCUT2D eigenvalue weighted by molar-refractivity contribution is 7.98. The lowest BCUT2D eigenvalue weighted by atomic mass is 10.1. The predicted octanol–water partition coefficient (Wildman–Crippen LogP) is -2.63. The number of carboxylic acid groups (broad SMARTS) is 2. The number of nitrogens with two attached hydrogens (primary N) is 2. The van der Waals surface area contributed by atoms with E-state index in [1.807, 2.05) is 0 Å². The van der Waals surface area contributed by atoms with Gasteiger partial charge in [0.2, 0.25) is 23.6 Å². The third kappa shape index (κ3) is 11.8. The molecule has 9 N–H and O–H groups in total. The number of carbonyl (C=O) groups excluding carboxylic acids is 4. The fraction of sp³-hybridized carbons (Fsp3) is 0.647. The predicted molar refractivity (Wildman–Crippen MR) is 111 cm³/mol. The largest absolute Gasteiger partial charge is 0.481 e. The quantitative estimate of drug-likeness (QED) is 0.133. The van der Waals surface area contributed by atoms with Gasteiger partial charge in [0.05, 0.1) is 12.5 Å². The van der Waals surface area contributed by atoms with Gasteiger partial charge >= 0.3 is 11.9 Å². The van der Waals surface area contributed by atoms with Crippen LogP contribution in [-0.4, -0.2) is 82.0 Å². The van der Waals surface area contributed by atoms with Crippen LogP contribution >= 0.6 is 11.8 Å². The number of carboxylic acids is 2. The van der Waals surface area contributed by atoms with E-state index in [9.17, 15) is 28.8 Å². The first-order chi connectivity index (χ1) is 14.4. The second-order valence-electron chi connectivity index (χ2n) is 6.68. The first-order valence-electron chi connectivity index (χ1n) is 9.27. The van der Waals surface area contributed by atoms with Crippen molar-refractivity contribution in [1.29, 1.82) is 0 Å². The van der Waals surface area contributed by atoms with Gasteiger partial charge in [-0.1, -0.05) is 0 Å². The summed E-state index contributed by atoms with van der Waals surface area (Å²) in [4.78, 5) is 69.6. The number of hydrogen-bond acceptors (Lipinski definition) is 8. The summed E-state index contributed by atoms with van der Waals surface area (Å²) in [6.07, 6.45) is 0.954. The molecular weight excluding hydrogens is 434 g/mol. The highest BCUT2D eigenvalue weighted by atomic mass is 32.2. The molecule has 0 aliphatic heterocycles. The molecule has 31 heavy (non-hydrogen) atoms. The van der Waals surface area contributed by atoms with E-state index in [-0.39, 0.29) is 19.3 Å². The molecule has 14 heteroatoms. The van der Waals surface area contributed by atoms with E-state index in [0.717, 1.165) is 0 Å². The van der Waals surface area contributed by atoms with Crippen molar-refractivity contribution < 1.29 is 39.0 Å². The molecule has 0 aliphatic rings. The van der Waals surface area contributed by atoms with Gasteiger partial charge in [0.1, 0.15) is 18.1 Å². The van der Waals surface area contributed by atoms with E-state index in [1.54, 1.807) is 6.26 Å². The van der Waals surface area contributed by atoms with Crippen molar-refractivity contribution >= 4 is 47.3 Å². The van der Waals surface area contributed by atoms with E-state index >= 15 is 0 Å². The van der Waals surface area contributed by atoms with Crippen molar-refractivity contribution in [2.45, 2.75) is 56.8 Å². The Hall–Kier alpha value is -2.87. The van der Waals surface area contributed by atoms with Gasteiger partial charge in [-0.2, -0.15) is 11.8 Å². The van der Waals surface area contributed by atoms with Gasteiger partial charge in [0.15, 0.2) is 0 Å². The molecule has 0 fully saturated rings. The third-order valence-electron chi connectivity index (χ3n) is 4.03. The minimum Gasteiger partial charge on any atom is -0.481 e. The lowest BCUT2D eigenvalue weighted by Crippen LogP contribution is -2.56. The van der Waals surface area contributed by atoms with Crippen LogP contribution in [0.4, 0.5) is 0 Å². The van der Waals surface area contributed by atoms with Crippen molar-refractivity contribution in [3.05, 3.63) is 0 Å². The van der Waals surface area contributed by atoms with Crippen LogP contribution in [-0.2, 0) is 28.8 Å². The summed E-state index contributed by atoms with van der Waals surface area (Å²) in [6.45, 7) is 1.35. The van der Waals surface area contributed by atoms with Gasteiger partial charge in [-0.25, -0.2) is 4.79 Å². The number of amides is 4. The van der Waals surface area contributed by atoms with Gasteiger partial charge in [0.25, 0.3) is 0 Å². The van der Waals surface area contributed by atoms with Crippen LogP contribution in [0.1, 0.15) is 32.6 Å². The molecule has 0 saturated carbocycles. The molecule has 4 atom stereocenters. The number of rotatable bonds is 15. The summed E-state index contributed by atoms with van der Waals surface area (Å²) in [6, 6.07) is -4.98. The van der Waals surface area contributed by atoms with Gasteiger partial charge in [-0.05, 0) is 31.8 Å². The van der Waals surface area contributed by atoms with Crippen molar-refractivity contribution in [2.24, 2.45) is 11.5 Å². The molecule has 0 heterocycles. The molecule has 0 aliphatic carbocycles. The fourth-order valence-electron chi connectivity index (χ4n) is 2.26. The van der Waals surface area contributed by atoms with E-state index in [2.05, 4.69) is 16.0 Å². The van der Waals surface area contributed by atoms with Crippen LogP contribution in [0.5, 0.6) is 0 Å². The fourth-order valence-corrected chi connectivity index (χ4v) is 2.73. The number of carbonyl (C=O) groups is 6. The van der Waals surface area contributed by atoms with Crippen LogP contribution < -0.4 is 27.4 Å². The highest BCUT2D eigenvalue weighted by Crippen LogP contribution is 2.04. The molecule has 0 aromatic carbocycles. The highest BCUT2D eigenvalue weighted by Gasteiger charge is 2.29. The Labute approximate surface area is 183 Å². The molecule has 0 spiro atoms. The van der Waals surface area contributed by atoms with Gasteiger partial charge < -0.3 is 37.6 Å². The van der Waals surface area contributed by atoms with E-state index in [4.69, 9.17) is 21.7 Å². The molecule has 0 rings (SSSR count). The standard InChI is InChI=1S/C17H29N5O8S/c1-8(20-15(27)9(18)3-4-12(19)23)14(26)21-10(5-6-31-2)16(28)22-11(17(29)30)7-13(24)25/h8-11H,3-7,18H2,1-2H3,(H2,19,23)(H,20,27)(H,21,26)(H,22,28)(H,24,25)(H,29,30). The average Bonchev–Trinajstić information content (AvgIpc) is 2.67. The molecular formula is C17H29N5O8S. The maximum Gasteiger partial charge on any atom is 0.326 e. The number of thioether (sulfide) groups is 1. The number of aliphatic carboxylic acids is 2. The Balaban J connectivity index is 5.04. The van der Waals surface area contributed by atoms with Crippen LogP contribution in [0.15, 0.2) is 0 Å². The van der Waals surface area contributed by atoms with Crippen molar-refractivity contribution in [3.63, 3.8) is 0 Å². The Morgan fingerprint density at radius 1 is 0.903 bits per heavy atom. The monoisotopic (exact) mass is 463 g/mol. The summed E-state index contributed by atoms with van der Waals surface area (Å²) in [5, 5.41) is 24.7. The second kappa shape index (κ2) is 14.2. The molecule has 13 nitrogen and oxygen atoms in total. The van der Waals surface area contributed by atoms with Crippen LogP contribution in [0.2, 0.25) is 0 Å². The molecule has 4 amide bonds. The van der Waals surface area contributed by atoms with Gasteiger partial charge in [-0.15, -0.1) is 0 Å². The summed E-state index contributed by atoms with van der Waals surface area (Å²) in [5.74, 6) is -5.43. The van der Waals surface area contributed by atoms with Crippen LogP contribution in [0.25, 0.3) is 0 Å². The Morgan fingerprint density at radius 2 is 1.48 bits per heavy atom. The minimum absolute atomic E-state index is 0.00554. The summed E-state index contributed by atoms with van der Waals surface area (Å²) < 4.78 is 0. The second-order valence-corrected chi connectivity index (χ2v) is 7.67. The van der Waals surface area contributed by atoms with Crippen LogP contribution in [0, 0.1) is 0 Å². The molecule has 176 valence electrons. The zero-order chi connectivity index (χ0) is 24.1. The van der Waals surface area contributed by atoms with E-state index in [1.165, 1.54) is 18.7 Å². The van der Waals surface area contributed by atoms with E-state index in [0.29, 0.717) is 5.75 Å². The lowest BCUT2D eigenvalue weighted by Gasteiger charge is -2.23. The zero-order valence-electron chi connectivity index (χ0n) is 17.3. The van der Waals surface area contributed by atoms with Crippen molar-refractivity contribution in [3.8, 4) is 0 Å². The SMILES string of the molecule is CSCCC(NC(=O)C(C)NC(=O)C(N)CCC(N)=O)C(=O)NC(CC(=O)O)C(=O)O. The first-order valence-corrected chi connectivity index (χ1v) is 10.7. The Bertz CT molecular complexity index is 689. The maximum absolute atomic E-state index is 12.4. The van der Waals surface area contributed by atoms with Gasteiger partial charge in [0, 0.05) is 6.42 Å². The average molecular weight is 464 g/mol. The molecule has 4 unspecified atom stereocenters. The molecule has 0 aromatic heterocycles. The summed E-state index contributed by atoms with van der Waals surface area (Å²) >= 11 is 1.38. The summed E-state index contributed by atoms with van der Waals surface area (Å²) in [7, 11) is 0. The molecule has 0 aromatic rings. The number of primary amides is 1. The van der Waals surface area contributed by atoms with Crippen molar-refractivity contribution in [2.75, 3.05) is 12.0 Å². The zero-order valence-corrected chi connectivity index (χ0v) is 18.1. The first kappa shape index (κ1) is 28.1. The third-order valence-corrected chi connectivity index (χ3v) is 4.67. The number of hydrogen-bond donors (Lipinski definition) is 7.